The van der Waals surface area contributed by atoms with Crippen LogP contribution in [0.25, 0.3) is 0 Å². The maximum absolute atomic E-state index is 12.7. The van der Waals surface area contributed by atoms with Gasteiger partial charge in [-0.25, -0.2) is 0 Å². The van der Waals surface area contributed by atoms with Gasteiger partial charge in [0.15, 0.2) is 0 Å². The number of hydrogen-bond acceptors (Lipinski definition) is 3. The van der Waals surface area contributed by atoms with Gasteiger partial charge in [0, 0.05) is 25.2 Å². The van der Waals surface area contributed by atoms with Crippen molar-refractivity contribution in [2.45, 2.75) is 71.1 Å². The van der Waals surface area contributed by atoms with Gasteiger partial charge in [0.2, 0.25) is 0 Å². The summed E-state index contributed by atoms with van der Waals surface area (Å²) in [5, 5.41) is 0. The highest BCUT2D eigenvalue weighted by Crippen LogP contribution is 2.49. The van der Waals surface area contributed by atoms with Crippen LogP contribution in [0.4, 0.5) is 0 Å². The molecule has 2 aliphatic carbocycles. The van der Waals surface area contributed by atoms with Crippen LogP contribution in [0.1, 0.15) is 76.7 Å². The topological polar surface area (TPSA) is 47.3 Å². The molecule has 132 valence electrons. The van der Waals surface area contributed by atoms with Gasteiger partial charge in [-0.05, 0) is 67.4 Å². The van der Waals surface area contributed by atoms with Gasteiger partial charge in [-0.1, -0.05) is 13.8 Å². The quantitative estimate of drug-likeness (QED) is 0.724. The van der Waals surface area contributed by atoms with E-state index in [-0.39, 0.29) is 5.92 Å². The summed E-state index contributed by atoms with van der Waals surface area (Å²) in [4.78, 5) is 24.8. The smallest absolute Gasteiger partial charge is 0.136 e. The third kappa shape index (κ3) is 3.65. The molecule has 0 aromatic carbocycles. The van der Waals surface area contributed by atoms with Crippen molar-refractivity contribution in [3.63, 3.8) is 0 Å². The zero-order valence-corrected chi connectivity index (χ0v) is 15.0. The molecule has 0 radical (unpaired) electrons. The Hall–Kier alpha value is -1.38. The Labute approximate surface area is 145 Å². The van der Waals surface area contributed by atoms with Crippen LogP contribution >= 0.6 is 0 Å². The van der Waals surface area contributed by atoms with Crippen molar-refractivity contribution >= 4 is 11.6 Å². The van der Waals surface area contributed by atoms with Gasteiger partial charge >= 0.3 is 0 Å². The molecule has 1 heterocycles. The van der Waals surface area contributed by atoms with Crippen LogP contribution < -0.4 is 0 Å². The molecule has 0 aliphatic heterocycles. The van der Waals surface area contributed by atoms with Crippen molar-refractivity contribution in [2.75, 3.05) is 0 Å². The molecule has 0 amide bonds. The van der Waals surface area contributed by atoms with Gasteiger partial charge in [-0.15, -0.1) is 0 Å². The van der Waals surface area contributed by atoms with Crippen molar-refractivity contribution < 1.29 is 14.0 Å². The Morgan fingerprint density at radius 3 is 2.88 bits per heavy atom. The fourth-order valence-electron chi connectivity index (χ4n) is 5.13. The summed E-state index contributed by atoms with van der Waals surface area (Å²) in [6.45, 7) is 4.30. The average Bonchev–Trinajstić information content (AvgIpc) is 3.10. The van der Waals surface area contributed by atoms with Gasteiger partial charge < -0.3 is 4.42 Å². The van der Waals surface area contributed by atoms with Crippen molar-refractivity contribution in [3.05, 3.63) is 24.2 Å². The Bertz CT molecular complexity index is 560. The SMILES string of the molecule is CCCC(=O)C1CCC2CCC(=O)CC2C1CC(C)c1ccoc1. The molecule has 0 spiro atoms. The Kier molecular flexibility index (Phi) is 5.57. The van der Waals surface area contributed by atoms with Gasteiger partial charge in [-0.3, -0.25) is 9.59 Å². The lowest BCUT2D eigenvalue weighted by molar-refractivity contribution is -0.133. The fourth-order valence-corrected chi connectivity index (χ4v) is 5.13. The predicted octanol–water partition coefficient (Wildman–Crippen LogP) is 5.15. The van der Waals surface area contributed by atoms with Crippen molar-refractivity contribution in [1.82, 2.24) is 0 Å². The van der Waals surface area contributed by atoms with E-state index in [9.17, 15) is 9.59 Å². The van der Waals surface area contributed by atoms with Crippen LogP contribution in [0.15, 0.2) is 23.0 Å². The summed E-state index contributed by atoms with van der Waals surface area (Å²) in [6.07, 6.45) is 10.8. The maximum Gasteiger partial charge on any atom is 0.136 e. The molecule has 5 unspecified atom stereocenters. The molecule has 2 saturated carbocycles. The molecule has 5 atom stereocenters. The summed E-state index contributed by atoms with van der Waals surface area (Å²) < 4.78 is 5.24. The highest BCUT2D eigenvalue weighted by molar-refractivity contribution is 5.82. The molecule has 0 N–H and O–H groups in total. The van der Waals surface area contributed by atoms with E-state index in [1.807, 2.05) is 12.3 Å². The van der Waals surface area contributed by atoms with Gasteiger partial charge in [0.25, 0.3) is 0 Å². The van der Waals surface area contributed by atoms with E-state index in [0.717, 1.165) is 38.5 Å². The van der Waals surface area contributed by atoms with E-state index in [2.05, 4.69) is 13.8 Å². The second-order valence-electron chi connectivity index (χ2n) is 7.96. The number of Topliss-reactive ketones (excluding diaryl/α,β-unsaturated/α-hetero) is 2. The minimum Gasteiger partial charge on any atom is -0.472 e. The molecule has 2 aliphatic rings. The normalized spacial score (nSPS) is 31.5. The molecular weight excluding hydrogens is 300 g/mol. The molecule has 1 aromatic rings. The number of fused-ring (bicyclic) bond motifs is 1. The third-order valence-corrected chi connectivity index (χ3v) is 6.43. The molecule has 1 aromatic heterocycles. The molecule has 3 rings (SSSR count). The fraction of sp³-hybridized carbons (Fsp3) is 0.714. The zero-order chi connectivity index (χ0) is 17.1. The number of ketones is 2. The number of hydrogen-bond donors (Lipinski definition) is 0. The van der Waals surface area contributed by atoms with Crippen LogP contribution in [-0.2, 0) is 9.59 Å². The standard InChI is InChI=1S/C21H30O3/c1-3-4-21(23)18-8-6-15-5-7-17(22)12-19(15)20(18)11-14(2)16-9-10-24-13-16/h9-10,13-15,18-20H,3-8,11-12H2,1-2H3. The largest absolute Gasteiger partial charge is 0.472 e. The Morgan fingerprint density at radius 1 is 1.33 bits per heavy atom. The summed E-state index contributed by atoms with van der Waals surface area (Å²) >= 11 is 0. The summed E-state index contributed by atoms with van der Waals surface area (Å²) in [7, 11) is 0. The molecule has 24 heavy (non-hydrogen) atoms. The number of carbonyl (C=O) groups is 2. The van der Waals surface area contributed by atoms with Crippen LogP contribution in [0.5, 0.6) is 0 Å². The maximum atomic E-state index is 12.7. The van der Waals surface area contributed by atoms with Gasteiger partial charge in [-0.2, -0.15) is 0 Å². The van der Waals surface area contributed by atoms with Crippen molar-refractivity contribution in [3.8, 4) is 0 Å². The lowest BCUT2D eigenvalue weighted by Gasteiger charge is -2.45. The lowest BCUT2D eigenvalue weighted by Crippen LogP contribution is -2.42. The first kappa shape index (κ1) is 17.4. The van der Waals surface area contributed by atoms with E-state index in [4.69, 9.17) is 4.42 Å². The first-order valence-electron chi connectivity index (χ1n) is 9.66. The number of furan rings is 1. The molecule has 0 saturated heterocycles. The van der Waals surface area contributed by atoms with Crippen LogP contribution in [0.3, 0.4) is 0 Å². The minimum absolute atomic E-state index is 0.159. The molecule has 3 nitrogen and oxygen atoms in total. The molecular formula is C21H30O3. The van der Waals surface area contributed by atoms with Gasteiger partial charge in [0.1, 0.15) is 11.6 Å². The van der Waals surface area contributed by atoms with E-state index in [1.165, 1.54) is 5.56 Å². The van der Waals surface area contributed by atoms with Crippen molar-refractivity contribution in [1.29, 1.82) is 0 Å². The van der Waals surface area contributed by atoms with Crippen molar-refractivity contribution in [2.24, 2.45) is 23.7 Å². The van der Waals surface area contributed by atoms with E-state index in [0.29, 0.717) is 48.1 Å². The van der Waals surface area contributed by atoms with E-state index < -0.39 is 0 Å². The first-order valence-corrected chi connectivity index (χ1v) is 9.66. The molecule has 0 bridgehead atoms. The molecule has 3 heteroatoms. The summed E-state index contributed by atoms with van der Waals surface area (Å²) in [6, 6.07) is 2.03. The van der Waals surface area contributed by atoms with Gasteiger partial charge in [0.05, 0.1) is 12.5 Å². The second-order valence-corrected chi connectivity index (χ2v) is 7.96. The minimum atomic E-state index is 0.159. The van der Waals surface area contributed by atoms with Crippen LogP contribution in [0.2, 0.25) is 0 Å². The monoisotopic (exact) mass is 330 g/mol. The number of rotatable bonds is 6. The second kappa shape index (κ2) is 7.67. The Morgan fingerprint density at radius 2 is 2.17 bits per heavy atom. The predicted molar refractivity (Wildman–Crippen MR) is 93.7 cm³/mol. The van der Waals surface area contributed by atoms with Crippen LogP contribution in [-0.4, -0.2) is 11.6 Å². The molecule has 2 fully saturated rings. The zero-order valence-electron chi connectivity index (χ0n) is 15.0. The van der Waals surface area contributed by atoms with Crippen LogP contribution in [0, 0.1) is 23.7 Å². The first-order chi connectivity index (χ1) is 11.6. The number of carbonyl (C=O) groups excluding carboxylic acids is 2. The summed E-state index contributed by atoms with van der Waals surface area (Å²) in [5.41, 5.74) is 1.21. The highest BCUT2D eigenvalue weighted by Gasteiger charge is 2.44. The lowest BCUT2D eigenvalue weighted by atomic mass is 9.58. The summed E-state index contributed by atoms with van der Waals surface area (Å²) in [5.74, 6) is 2.79. The van der Waals surface area contributed by atoms with E-state index >= 15 is 0 Å². The Balaban J connectivity index is 1.80. The third-order valence-electron chi connectivity index (χ3n) is 6.43. The average molecular weight is 330 g/mol. The van der Waals surface area contributed by atoms with E-state index in [1.54, 1.807) is 6.26 Å². The highest BCUT2D eigenvalue weighted by atomic mass is 16.3.